The van der Waals surface area contributed by atoms with E-state index < -0.39 is 9.84 Å². The maximum Gasteiger partial charge on any atom is 0.251 e. The number of benzene rings is 2. The van der Waals surface area contributed by atoms with E-state index in [1.165, 1.54) is 6.07 Å². The molecule has 2 aromatic rings. The minimum absolute atomic E-state index is 0.160. The van der Waals surface area contributed by atoms with Gasteiger partial charge in [-0.3, -0.25) is 4.79 Å². The highest BCUT2D eigenvalue weighted by molar-refractivity contribution is 7.91. The van der Waals surface area contributed by atoms with Gasteiger partial charge in [0.1, 0.15) is 15.7 Å². The Hall–Kier alpha value is -2.21. The number of sulfone groups is 1. The third kappa shape index (κ3) is 4.25. The second-order valence-corrected chi connectivity index (χ2v) is 8.63. The Morgan fingerprint density at radius 3 is 2.28 bits per heavy atom. The molecule has 4 nitrogen and oxygen atoms in total. The van der Waals surface area contributed by atoms with Crippen LogP contribution in [-0.2, 0) is 9.84 Å². The molecule has 2 aromatic carbocycles. The number of rotatable bonds is 4. The van der Waals surface area contributed by atoms with Gasteiger partial charge in [0.15, 0.2) is 0 Å². The molecule has 0 aromatic heterocycles. The van der Waals surface area contributed by atoms with Gasteiger partial charge in [0, 0.05) is 17.7 Å². The number of amides is 1. The molecule has 132 valence electrons. The molecule has 1 aliphatic rings. The lowest BCUT2D eigenvalue weighted by atomic mass is 9.98. The van der Waals surface area contributed by atoms with E-state index >= 15 is 0 Å². The number of hydrogen-bond acceptors (Lipinski definition) is 3. The Morgan fingerprint density at radius 2 is 1.60 bits per heavy atom. The van der Waals surface area contributed by atoms with Gasteiger partial charge in [-0.25, -0.2) is 12.8 Å². The quantitative estimate of drug-likeness (QED) is 0.910. The van der Waals surface area contributed by atoms with E-state index in [0.717, 1.165) is 0 Å². The van der Waals surface area contributed by atoms with Gasteiger partial charge in [0.05, 0.1) is 11.5 Å². The van der Waals surface area contributed by atoms with Crippen LogP contribution in [-0.4, -0.2) is 32.4 Å². The molecule has 0 radical (unpaired) electrons. The zero-order chi connectivity index (χ0) is 17.9. The summed E-state index contributed by atoms with van der Waals surface area (Å²) in [6.07, 6.45) is 1.13. The number of nitrogens with one attached hydrogen (secondary N) is 1. The van der Waals surface area contributed by atoms with Crippen LogP contribution in [0.3, 0.4) is 0 Å². The van der Waals surface area contributed by atoms with E-state index in [1.807, 2.05) is 0 Å². The van der Waals surface area contributed by atoms with Crippen LogP contribution < -0.4 is 5.32 Å². The highest BCUT2D eigenvalue weighted by atomic mass is 32.2. The summed E-state index contributed by atoms with van der Waals surface area (Å²) in [6.45, 7) is 0.431. The van der Waals surface area contributed by atoms with Gasteiger partial charge in [0.25, 0.3) is 5.91 Å². The second kappa shape index (κ2) is 7.35. The van der Waals surface area contributed by atoms with Crippen LogP contribution in [0.15, 0.2) is 48.5 Å². The number of halogens is 1. The van der Waals surface area contributed by atoms with Crippen LogP contribution in [0, 0.1) is 11.7 Å². The molecule has 0 unspecified atom stereocenters. The van der Waals surface area contributed by atoms with Crippen molar-refractivity contribution >= 4 is 15.7 Å². The highest BCUT2D eigenvalue weighted by Crippen LogP contribution is 2.26. The Bertz CT molecular complexity index is 866. The largest absolute Gasteiger partial charge is 0.352 e. The first-order valence-electron chi connectivity index (χ1n) is 8.29. The molecule has 1 saturated heterocycles. The summed E-state index contributed by atoms with van der Waals surface area (Å²) < 4.78 is 37.0. The predicted octanol–water partition coefficient (Wildman–Crippen LogP) is 3.05. The van der Waals surface area contributed by atoms with Gasteiger partial charge in [0.2, 0.25) is 0 Å². The SMILES string of the molecule is O=C(NCC1CCS(=O)(=O)CC1)c1ccccc1-c1ccccc1F. The van der Waals surface area contributed by atoms with Crippen molar-refractivity contribution in [3.63, 3.8) is 0 Å². The first kappa shape index (κ1) is 17.6. The molecule has 1 fully saturated rings. The minimum atomic E-state index is -2.91. The molecule has 0 saturated carbocycles. The average Bonchev–Trinajstić information content (AvgIpc) is 2.61. The molecule has 0 atom stereocenters. The molecule has 0 spiro atoms. The predicted molar refractivity (Wildman–Crippen MR) is 95.5 cm³/mol. The fourth-order valence-electron chi connectivity index (χ4n) is 3.07. The Morgan fingerprint density at radius 1 is 1.00 bits per heavy atom. The normalized spacial score (nSPS) is 17.2. The number of hydrogen-bond donors (Lipinski definition) is 1. The Labute approximate surface area is 147 Å². The van der Waals surface area contributed by atoms with Crippen molar-refractivity contribution in [3.05, 3.63) is 59.9 Å². The maximum absolute atomic E-state index is 14.1. The Kier molecular flexibility index (Phi) is 5.18. The zero-order valence-electron chi connectivity index (χ0n) is 13.7. The lowest BCUT2D eigenvalue weighted by molar-refractivity contribution is 0.0947. The molecule has 3 rings (SSSR count). The lowest BCUT2D eigenvalue weighted by Gasteiger charge is -2.22. The van der Waals surface area contributed by atoms with Crippen LogP contribution in [0.2, 0.25) is 0 Å². The number of carbonyl (C=O) groups is 1. The van der Waals surface area contributed by atoms with E-state index in [0.29, 0.717) is 36.1 Å². The molecule has 1 heterocycles. The van der Waals surface area contributed by atoms with Crippen molar-refractivity contribution in [2.45, 2.75) is 12.8 Å². The third-order valence-electron chi connectivity index (χ3n) is 4.56. The van der Waals surface area contributed by atoms with Crippen molar-refractivity contribution in [2.24, 2.45) is 5.92 Å². The highest BCUT2D eigenvalue weighted by Gasteiger charge is 2.24. The van der Waals surface area contributed by atoms with E-state index in [9.17, 15) is 17.6 Å². The molecule has 0 aliphatic carbocycles. The van der Waals surface area contributed by atoms with E-state index in [4.69, 9.17) is 0 Å². The van der Waals surface area contributed by atoms with Crippen LogP contribution >= 0.6 is 0 Å². The van der Waals surface area contributed by atoms with Crippen molar-refractivity contribution in [1.82, 2.24) is 5.32 Å². The first-order chi connectivity index (χ1) is 12.0. The van der Waals surface area contributed by atoms with Crippen LogP contribution in [0.1, 0.15) is 23.2 Å². The van der Waals surface area contributed by atoms with Gasteiger partial charge in [-0.2, -0.15) is 0 Å². The summed E-state index contributed by atoms with van der Waals surface area (Å²) in [5.41, 5.74) is 1.34. The summed E-state index contributed by atoms with van der Waals surface area (Å²) in [7, 11) is -2.91. The fourth-order valence-corrected chi connectivity index (χ4v) is 4.66. The van der Waals surface area contributed by atoms with E-state index in [1.54, 1.807) is 42.5 Å². The topological polar surface area (TPSA) is 63.2 Å². The van der Waals surface area contributed by atoms with Gasteiger partial charge in [-0.1, -0.05) is 36.4 Å². The average molecular weight is 361 g/mol. The fraction of sp³-hybridized carbons (Fsp3) is 0.316. The molecule has 1 aliphatic heterocycles. The minimum Gasteiger partial charge on any atom is -0.352 e. The summed E-state index contributed by atoms with van der Waals surface area (Å²) >= 11 is 0. The van der Waals surface area contributed by atoms with Crippen LogP contribution in [0.4, 0.5) is 4.39 Å². The van der Waals surface area contributed by atoms with Crippen molar-refractivity contribution in [1.29, 1.82) is 0 Å². The van der Waals surface area contributed by atoms with Gasteiger partial charge in [-0.05, 0) is 36.5 Å². The summed E-state index contributed by atoms with van der Waals surface area (Å²) in [5.74, 6) is -0.126. The standard InChI is InChI=1S/C19H20FNO3S/c20-18-8-4-3-6-16(18)15-5-1-2-7-17(15)19(22)21-13-14-9-11-25(23,24)12-10-14/h1-8,14H,9-13H2,(H,21,22). The molecule has 25 heavy (non-hydrogen) atoms. The zero-order valence-corrected chi connectivity index (χ0v) is 14.6. The van der Waals surface area contributed by atoms with Crippen molar-refractivity contribution < 1.29 is 17.6 Å². The summed E-state index contributed by atoms with van der Waals surface area (Å²) in [5, 5.41) is 2.87. The molecule has 1 amide bonds. The summed E-state index contributed by atoms with van der Waals surface area (Å²) in [6, 6.07) is 13.3. The molecule has 6 heteroatoms. The monoisotopic (exact) mass is 361 g/mol. The molecule has 1 N–H and O–H groups in total. The Balaban J connectivity index is 1.72. The second-order valence-electron chi connectivity index (χ2n) is 6.33. The maximum atomic E-state index is 14.1. The van der Waals surface area contributed by atoms with E-state index in [-0.39, 0.29) is 29.1 Å². The van der Waals surface area contributed by atoms with Crippen molar-refractivity contribution in [2.75, 3.05) is 18.1 Å². The van der Waals surface area contributed by atoms with Crippen LogP contribution in [0.25, 0.3) is 11.1 Å². The first-order valence-corrected chi connectivity index (χ1v) is 10.1. The van der Waals surface area contributed by atoms with Gasteiger partial charge >= 0.3 is 0 Å². The van der Waals surface area contributed by atoms with Gasteiger partial charge < -0.3 is 5.32 Å². The van der Waals surface area contributed by atoms with Gasteiger partial charge in [-0.15, -0.1) is 0 Å². The molecule has 0 bridgehead atoms. The third-order valence-corrected chi connectivity index (χ3v) is 6.28. The number of carbonyl (C=O) groups excluding carboxylic acids is 1. The van der Waals surface area contributed by atoms with Crippen molar-refractivity contribution in [3.8, 4) is 11.1 Å². The van der Waals surface area contributed by atoms with Crippen LogP contribution in [0.5, 0.6) is 0 Å². The lowest BCUT2D eigenvalue weighted by Crippen LogP contribution is -2.34. The van der Waals surface area contributed by atoms with E-state index in [2.05, 4.69) is 5.32 Å². The summed E-state index contributed by atoms with van der Waals surface area (Å²) in [4.78, 5) is 12.6. The molecular weight excluding hydrogens is 341 g/mol. The smallest absolute Gasteiger partial charge is 0.251 e. The molecular formula is C19H20FNO3S.